The minimum Gasteiger partial charge on any atom is -0.493 e. The number of aliphatic hydroxyl groups excluding tert-OH is 3. The van der Waals surface area contributed by atoms with Gasteiger partial charge in [0.2, 0.25) is 5.95 Å². The Kier molecular flexibility index (Phi) is 9.67. The van der Waals surface area contributed by atoms with Crippen molar-refractivity contribution in [3.63, 3.8) is 0 Å². The fourth-order valence-electron chi connectivity index (χ4n) is 4.99. The third kappa shape index (κ3) is 6.70. The normalized spacial score (nSPS) is 19.9. The lowest BCUT2D eigenvalue weighted by Crippen LogP contribution is -2.33. The number of nitrogens with two attached hydrogens (primary N) is 1. The Bertz CT molecular complexity index is 1530. The van der Waals surface area contributed by atoms with Crippen LogP contribution >= 0.6 is 0 Å². The van der Waals surface area contributed by atoms with Crippen molar-refractivity contribution in [2.75, 3.05) is 30.9 Å². The number of aromatic nitrogens is 4. The predicted octanol–water partition coefficient (Wildman–Crippen LogP) is 2.41. The molecule has 0 saturated carbocycles. The second-order valence-corrected chi connectivity index (χ2v) is 10.1. The summed E-state index contributed by atoms with van der Waals surface area (Å²) in [6, 6.07) is 15.9. The van der Waals surface area contributed by atoms with Gasteiger partial charge in [0.25, 0.3) is 0 Å². The van der Waals surface area contributed by atoms with E-state index in [1.54, 1.807) is 6.92 Å². The van der Waals surface area contributed by atoms with Crippen LogP contribution in [0.2, 0.25) is 0 Å². The van der Waals surface area contributed by atoms with Gasteiger partial charge in [-0.15, -0.1) is 0 Å². The smallest absolute Gasteiger partial charge is 0.305 e. The quantitative estimate of drug-likeness (QED) is 0.113. The van der Waals surface area contributed by atoms with E-state index in [2.05, 4.69) is 20.3 Å². The van der Waals surface area contributed by atoms with Gasteiger partial charge >= 0.3 is 5.97 Å². The molecule has 43 heavy (non-hydrogen) atoms. The van der Waals surface area contributed by atoms with Gasteiger partial charge in [-0.1, -0.05) is 42.5 Å². The number of ether oxygens (including phenoxy) is 3. The molecule has 2 aromatic carbocycles. The molecule has 1 aliphatic heterocycles. The van der Waals surface area contributed by atoms with Gasteiger partial charge in [-0.3, -0.25) is 9.36 Å². The molecule has 6 N–H and O–H groups in total. The zero-order valence-corrected chi connectivity index (χ0v) is 23.8. The van der Waals surface area contributed by atoms with Crippen LogP contribution < -0.4 is 15.8 Å². The van der Waals surface area contributed by atoms with Crippen LogP contribution in [0.3, 0.4) is 0 Å². The van der Waals surface area contributed by atoms with Crippen molar-refractivity contribution >= 4 is 28.9 Å². The summed E-state index contributed by atoms with van der Waals surface area (Å²) in [4.78, 5) is 24.6. The number of nitrogens with one attached hydrogen (secondary N) is 1. The van der Waals surface area contributed by atoms with E-state index in [4.69, 9.17) is 19.9 Å². The number of esters is 1. The summed E-state index contributed by atoms with van der Waals surface area (Å²) in [6.07, 6.45) is -1.83. The van der Waals surface area contributed by atoms with Crippen LogP contribution in [0.15, 0.2) is 54.9 Å². The molecule has 0 spiro atoms. The van der Waals surface area contributed by atoms with Crippen molar-refractivity contribution < 1.29 is 34.3 Å². The molecule has 4 atom stereocenters. The molecule has 0 radical (unpaired) electrons. The zero-order valence-electron chi connectivity index (χ0n) is 23.8. The first-order valence-corrected chi connectivity index (χ1v) is 14.2. The molecule has 0 bridgehead atoms. The maximum atomic E-state index is 11.7. The Morgan fingerprint density at radius 2 is 1.91 bits per heavy atom. The molecule has 13 heteroatoms. The predicted molar refractivity (Wildman–Crippen MR) is 158 cm³/mol. The lowest BCUT2D eigenvalue weighted by atomic mass is 10.0. The van der Waals surface area contributed by atoms with Gasteiger partial charge in [0.15, 0.2) is 23.2 Å². The van der Waals surface area contributed by atoms with Gasteiger partial charge in [-0.25, -0.2) is 15.0 Å². The van der Waals surface area contributed by atoms with E-state index in [0.29, 0.717) is 49.4 Å². The summed E-state index contributed by atoms with van der Waals surface area (Å²) in [5.74, 6) is 0.836. The number of carbonyl (C=O) groups excluding carboxylic acids is 1. The van der Waals surface area contributed by atoms with Crippen molar-refractivity contribution in [1.82, 2.24) is 19.5 Å². The van der Waals surface area contributed by atoms with Crippen molar-refractivity contribution in [2.45, 2.75) is 57.3 Å². The lowest BCUT2D eigenvalue weighted by molar-refractivity contribution is -0.143. The van der Waals surface area contributed by atoms with Crippen molar-refractivity contribution in [1.29, 1.82) is 0 Å². The topological polar surface area (TPSA) is 187 Å². The number of fused-ring (bicyclic) bond motifs is 1. The molecule has 0 aliphatic carbocycles. The van der Waals surface area contributed by atoms with Crippen molar-refractivity contribution in [3.05, 3.63) is 60.4 Å². The number of rotatable bonds is 13. The van der Waals surface area contributed by atoms with E-state index < -0.39 is 31.1 Å². The first-order chi connectivity index (χ1) is 20.9. The average Bonchev–Trinajstić information content (AvgIpc) is 3.53. The van der Waals surface area contributed by atoms with E-state index in [1.807, 2.05) is 48.5 Å². The van der Waals surface area contributed by atoms with Gasteiger partial charge in [0.1, 0.15) is 30.4 Å². The minimum atomic E-state index is -1.36. The Hall–Kier alpha value is -4.30. The number of hydrogen-bond acceptors (Lipinski definition) is 12. The number of nitrogens with zero attached hydrogens (tertiary/aromatic N) is 4. The van der Waals surface area contributed by atoms with Crippen LogP contribution in [0.4, 0.5) is 11.8 Å². The van der Waals surface area contributed by atoms with Gasteiger partial charge in [0, 0.05) is 18.5 Å². The Morgan fingerprint density at radius 3 is 2.65 bits per heavy atom. The summed E-state index contributed by atoms with van der Waals surface area (Å²) in [6.45, 7) is 2.33. The summed E-state index contributed by atoms with van der Waals surface area (Å²) in [5.41, 5.74) is 9.50. The monoisotopic (exact) mass is 592 g/mol. The summed E-state index contributed by atoms with van der Waals surface area (Å²) in [5, 5.41) is 34.1. The number of nitrogen functional groups attached to an aromatic ring is 1. The van der Waals surface area contributed by atoms with E-state index >= 15 is 0 Å². The third-order valence-electron chi connectivity index (χ3n) is 7.23. The maximum Gasteiger partial charge on any atom is 0.305 e. The van der Waals surface area contributed by atoms with Gasteiger partial charge in [-0.2, -0.15) is 0 Å². The molecule has 1 aliphatic rings. The van der Waals surface area contributed by atoms with E-state index in [9.17, 15) is 20.1 Å². The molecule has 3 heterocycles. The third-order valence-corrected chi connectivity index (χ3v) is 7.23. The number of benzene rings is 2. The molecule has 1 fully saturated rings. The van der Waals surface area contributed by atoms with Crippen molar-refractivity contribution in [3.8, 4) is 16.9 Å². The molecule has 0 amide bonds. The molecule has 4 aromatic rings. The largest absolute Gasteiger partial charge is 0.493 e. The molecule has 0 unspecified atom stereocenters. The first kappa shape index (κ1) is 30.2. The number of unbranched alkanes of at least 4 members (excludes halogenated alkanes) is 1. The first-order valence-electron chi connectivity index (χ1n) is 14.2. The molecule has 2 aromatic heterocycles. The summed E-state index contributed by atoms with van der Waals surface area (Å²) >= 11 is 0. The van der Waals surface area contributed by atoms with Gasteiger partial charge < -0.3 is 40.6 Å². The van der Waals surface area contributed by atoms with Crippen LogP contribution in [-0.4, -0.2) is 78.9 Å². The van der Waals surface area contributed by atoms with Gasteiger partial charge in [0.05, 0.1) is 19.8 Å². The highest BCUT2D eigenvalue weighted by Gasteiger charge is 2.45. The average molecular weight is 593 g/mol. The Morgan fingerprint density at radius 1 is 1.09 bits per heavy atom. The molecular formula is C30H36N6O7. The fraction of sp³-hybridized carbons (Fsp3) is 0.400. The number of imidazole rings is 1. The second-order valence-electron chi connectivity index (χ2n) is 10.1. The van der Waals surface area contributed by atoms with E-state index in [1.165, 1.54) is 10.9 Å². The Balaban J connectivity index is 1.40. The highest BCUT2D eigenvalue weighted by Crippen LogP contribution is 2.36. The fourth-order valence-corrected chi connectivity index (χ4v) is 4.99. The maximum absolute atomic E-state index is 11.7. The van der Waals surface area contributed by atoms with Crippen LogP contribution in [0, 0.1) is 0 Å². The summed E-state index contributed by atoms with van der Waals surface area (Å²) in [7, 11) is 0. The zero-order chi connectivity index (χ0) is 30.3. The van der Waals surface area contributed by atoms with Crippen LogP contribution in [0.5, 0.6) is 5.75 Å². The molecule has 13 nitrogen and oxygen atoms in total. The second kappa shape index (κ2) is 13.8. The molecule has 5 rings (SSSR count). The van der Waals surface area contributed by atoms with E-state index in [0.717, 1.165) is 16.7 Å². The Labute approximate surface area is 248 Å². The highest BCUT2D eigenvalue weighted by atomic mass is 16.6. The lowest BCUT2D eigenvalue weighted by Gasteiger charge is -2.20. The number of hydrogen-bond donors (Lipinski definition) is 5. The standard InChI is InChI=1S/C30H36N6O7/c1-2-41-23(38)10-6-7-13-42-21-14-19(18-8-4-3-5-9-18)11-12-20(21)15-32-30-35-24-27(31)33-17-34-28(24)36(30)29-26(40)25(39)22(16-37)43-29/h3-5,8-9,11-12,14,17,22,25-26,29,37,39-40H,2,6-7,10,13,15-16H2,1H3,(H,32,35)(H2,31,33,34)/t22-,25-,26-,29-/m1/s1. The molecule has 1 saturated heterocycles. The highest BCUT2D eigenvalue weighted by molar-refractivity contribution is 5.84. The number of aliphatic hydroxyl groups is 3. The number of carbonyl (C=O) groups is 1. The van der Waals surface area contributed by atoms with E-state index in [-0.39, 0.29) is 24.3 Å². The van der Waals surface area contributed by atoms with Crippen molar-refractivity contribution in [2.24, 2.45) is 0 Å². The SMILES string of the molecule is CCOC(=O)CCCCOc1cc(-c2ccccc2)ccc1CNc1nc2c(N)ncnc2n1[C@@H]1O[C@H](CO)[C@@H](O)[C@H]1O. The van der Waals surface area contributed by atoms with Crippen LogP contribution in [-0.2, 0) is 20.8 Å². The molecular weight excluding hydrogens is 556 g/mol. The van der Waals surface area contributed by atoms with Crippen LogP contribution in [0.1, 0.15) is 38.0 Å². The molecule has 228 valence electrons. The van der Waals surface area contributed by atoms with Gasteiger partial charge in [-0.05, 0) is 37.0 Å². The number of anilines is 2. The van der Waals surface area contributed by atoms with Crippen LogP contribution in [0.25, 0.3) is 22.3 Å². The summed E-state index contributed by atoms with van der Waals surface area (Å²) < 4.78 is 18.5. The minimum absolute atomic E-state index is 0.137.